The van der Waals surface area contributed by atoms with Gasteiger partial charge in [-0.2, -0.15) is 0 Å². The molecule has 0 aromatic heterocycles. The number of ether oxygens (including phenoxy) is 1. The van der Waals surface area contributed by atoms with Crippen molar-refractivity contribution in [1.82, 2.24) is 5.32 Å². The zero-order chi connectivity index (χ0) is 15.5. The van der Waals surface area contributed by atoms with Crippen LogP contribution in [0.5, 0.6) is 5.75 Å². The Hall–Kier alpha value is -2.43. The Bertz CT molecular complexity index is 703. The van der Waals surface area contributed by atoms with Crippen LogP contribution in [0.2, 0.25) is 0 Å². The molecule has 2 aromatic rings. The van der Waals surface area contributed by atoms with E-state index in [4.69, 9.17) is 4.74 Å². The molecule has 1 amide bonds. The number of para-hydroxylation sites is 1. The first-order valence-electron chi connectivity index (χ1n) is 7.06. The minimum absolute atomic E-state index is 0.121. The van der Waals surface area contributed by atoms with Gasteiger partial charge in [0, 0.05) is 6.07 Å². The zero-order valence-electron chi connectivity index (χ0n) is 11.8. The average Bonchev–Trinajstić information content (AvgIpc) is 2.50. The van der Waals surface area contributed by atoms with E-state index in [0.29, 0.717) is 13.0 Å². The van der Waals surface area contributed by atoms with E-state index in [1.807, 2.05) is 24.3 Å². The van der Waals surface area contributed by atoms with Gasteiger partial charge < -0.3 is 10.1 Å². The molecular weight excluding hydrogens is 288 g/mol. The molecule has 0 spiro atoms. The van der Waals surface area contributed by atoms with Crippen LogP contribution in [0.15, 0.2) is 42.5 Å². The van der Waals surface area contributed by atoms with Crippen molar-refractivity contribution in [3.8, 4) is 5.75 Å². The molecule has 0 aliphatic carbocycles. The number of benzene rings is 2. The Balaban J connectivity index is 1.61. The van der Waals surface area contributed by atoms with E-state index >= 15 is 0 Å². The fourth-order valence-corrected chi connectivity index (χ4v) is 2.54. The summed E-state index contributed by atoms with van der Waals surface area (Å²) < 4.78 is 32.0. The number of rotatable bonds is 3. The lowest BCUT2D eigenvalue weighted by atomic mass is 10.0. The summed E-state index contributed by atoms with van der Waals surface area (Å²) in [5, 5.41) is 2.83. The molecule has 0 radical (unpaired) electrons. The fraction of sp³-hybridized carbons (Fsp3) is 0.235. The SMILES string of the molecule is O=C(Cc1ccc(F)cc1F)N[C@H]1COc2ccccc2C1. The summed E-state index contributed by atoms with van der Waals surface area (Å²) in [6.45, 7) is 0.384. The molecule has 1 heterocycles. The first kappa shape index (κ1) is 14.5. The summed E-state index contributed by atoms with van der Waals surface area (Å²) >= 11 is 0. The second kappa shape index (κ2) is 6.13. The molecule has 1 atom stereocenters. The van der Waals surface area contributed by atoms with Gasteiger partial charge in [0.15, 0.2) is 0 Å². The van der Waals surface area contributed by atoms with Crippen LogP contribution in [0.25, 0.3) is 0 Å². The van der Waals surface area contributed by atoms with Gasteiger partial charge >= 0.3 is 0 Å². The van der Waals surface area contributed by atoms with Crippen molar-refractivity contribution in [2.75, 3.05) is 6.61 Å². The molecule has 2 aromatic carbocycles. The minimum atomic E-state index is -0.708. The van der Waals surface area contributed by atoms with Crippen LogP contribution >= 0.6 is 0 Å². The standard InChI is InChI=1S/C17H15F2NO2/c18-13-6-5-11(15(19)9-13)8-17(21)20-14-7-12-3-1-2-4-16(12)22-10-14/h1-6,9,14H,7-8,10H2,(H,20,21)/t14-/m1/s1. The maximum absolute atomic E-state index is 13.5. The number of halogens is 2. The third kappa shape index (κ3) is 3.24. The Labute approximate surface area is 126 Å². The Kier molecular flexibility index (Phi) is 4.04. The molecule has 22 heavy (non-hydrogen) atoms. The lowest BCUT2D eigenvalue weighted by Crippen LogP contribution is -2.43. The third-order valence-electron chi connectivity index (χ3n) is 3.61. The number of hydrogen-bond donors (Lipinski definition) is 1. The summed E-state index contributed by atoms with van der Waals surface area (Å²) in [4.78, 5) is 12.0. The molecule has 3 rings (SSSR count). The van der Waals surface area contributed by atoms with Gasteiger partial charge in [0.25, 0.3) is 0 Å². The van der Waals surface area contributed by atoms with Crippen molar-refractivity contribution in [2.24, 2.45) is 0 Å². The van der Waals surface area contributed by atoms with Crippen molar-refractivity contribution in [3.05, 3.63) is 65.2 Å². The van der Waals surface area contributed by atoms with Gasteiger partial charge in [-0.05, 0) is 29.7 Å². The van der Waals surface area contributed by atoms with Crippen molar-refractivity contribution in [1.29, 1.82) is 0 Å². The maximum atomic E-state index is 13.5. The van der Waals surface area contributed by atoms with Crippen molar-refractivity contribution >= 4 is 5.91 Å². The van der Waals surface area contributed by atoms with Gasteiger partial charge in [-0.1, -0.05) is 24.3 Å². The van der Waals surface area contributed by atoms with E-state index in [1.165, 1.54) is 6.07 Å². The van der Waals surface area contributed by atoms with Gasteiger partial charge in [-0.15, -0.1) is 0 Å². The van der Waals surface area contributed by atoms with Gasteiger partial charge in [-0.25, -0.2) is 8.78 Å². The van der Waals surface area contributed by atoms with E-state index in [9.17, 15) is 13.6 Å². The summed E-state index contributed by atoms with van der Waals surface area (Å²) in [5.74, 6) is -0.838. The molecular formula is C17H15F2NO2. The molecule has 1 N–H and O–H groups in total. The largest absolute Gasteiger partial charge is 0.491 e. The van der Waals surface area contributed by atoms with Crippen LogP contribution in [-0.4, -0.2) is 18.6 Å². The van der Waals surface area contributed by atoms with Crippen LogP contribution in [0.1, 0.15) is 11.1 Å². The average molecular weight is 303 g/mol. The number of amides is 1. The first-order valence-corrected chi connectivity index (χ1v) is 7.06. The predicted molar refractivity (Wildman–Crippen MR) is 77.6 cm³/mol. The number of nitrogens with one attached hydrogen (secondary N) is 1. The lowest BCUT2D eigenvalue weighted by Gasteiger charge is -2.26. The highest BCUT2D eigenvalue weighted by Crippen LogP contribution is 2.23. The lowest BCUT2D eigenvalue weighted by molar-refractivity contribution is -0.121. The summed E-state index contributed by atoms with van der Waals surface area (Å²) in [6, 6.07) is 10.7. The van der Waals surface area contributed by atoms with E-state index in [1.54, 1.807) is 0 Å². The maximum Gasteiger partial charge on any atom is 0.224 e. The normalized spacial score (nSPS) is 16.5. The van der Waals surface area contributed by atoms with Crippen molar-refractivity contribution in [2.45, 2.75) is 18.9 Å². The first-order chi connectivity index (χ1) is 10.6. The number of carbonyl (C=O) groups excluding carboxylic acids is 1. The van der Waals surface area contributed by atoms with E-state index in [0.717, 1.165) is 23.4 Å². The third-order valence-corrected chi connectivity index (χ3v) is 3.61. The van der Waals surface area contributed by atoms with Crippen molar-refractivity contribution < 1.29 is 18.3 Å². The van der Waals surface area contributed by atoms with E-state index in [2.05, 4.69) is 5.32 Å². The van der Waals surface area contributed by atoms with Gasteiger partial charge in [0.05, 0.1) is 12.5 Å². The Morgan fingerprint density at radius 1 is 1.23 bits per heavy atom. The van der Waals surface area contributed by atoms with Crippen LogP contribution in [0, 0.1) is 11.6 Å². The number of fused-ring (bicyclic) bond motifs is 1. The molecule has 0 saturated heterocycles. The molecule has 0 fully saturated rings. The number of hydrogen-bond acceptors (Lipinski definition) is 2. The molecule has 0 unspecified atom stereocenters. The monoisotopic (exact) mass is 303 g/mol. The van der Waals surface area contributed by atoms with Crippen LogP contribution in [0.4, 0.5) is 8.78 Å². The van der Waals surface area contributed by atoms with Crippen LogP contribution in [0.3, 0.4) is 0 Å². The Morgan fingerprint density at radius 2 is 2.05 bits per heavy atom. The second-order valence-electron chi connectivity index (χ2n) is 5.30. The zero-order valence-corrected chi connectivity index (χ0v) is 11.8. The molecule has 1 aliphatic heterocycles. The highest BCUT2D eigenvalue weighted by Gasteiger charge is 2.21. The second-order valence-corrected chi connectivity index (χ2v) is 5.30. The molecule has 1 aliphatic rings. The van der Waals surface area contributed by atoms with Gasteiger partial charge in [0.2, 0.25) is 5.91 Å². The smallest absolute Gasteiger partial charge is 0.224 e. The Morgan fingerprint density at radius 3 is 2.86 bits per heavy atom. The number of carbonyl (C=O) groups is 1. The van der Waals surface area contributed by atoms with Crippen molar-refractivity contribution in [3.63, 3.8) is 0 Å². The summed E-state index contributed by atoms with van der Waals surface area (Å²) in [7, 11) is 0. The predicted octanol–water partition coefficient (Wildman–Crippen LogP) is 2.63. The van der Waals surface area contributed by atoms with Crippen LogP contribution in [-0.2, 0) is 17.6 Å². The fourth-order valence-electron chi connectivity index (χ4n) is 2.54. The quantitative estimate of drug-likeness (QED) is 0.946. The van der Waals surface area contributed by atoms with Gasteiger partial charge in [-0.3, -0.25) is 4.79 Å². The highest BCUT2D eigenvalue weighted by molar-refractivity contribution is 5.79. The van der Waals surface area contributed by atoms with Gasteiger partial charge in [0.1, 0.15) is 24.0 Å². The van der Waals surface area contributed by atoms with Crippen LogP contribution < -0.4 is 10.1 Å². The summed E-state index contributed by atoms with van der Waals surface area (Å²) in [5.41, 5.74) is 1.21. The van der Waals surface area contributed by atoms with E-state index in [-0.39, 0.29) is 23.9 Å². The molecule has 0 saturated carbocycles. The summed E-state index contributed by atoms with van der Waals surface area (Å²) in [6.07, 6.45) is 0.554. The topological polar surface area (TPSA) is 38.3 Å². The molecule has 3 nitrogen and oxygen atoms in total. The molecule has 5 heteroatoms. The van der Waals surface area contributed by atoms with E-state index < -0.39 is 11.6 Å². The molecule has 0 bridgehead atoms. The highest BCUT2D eigenvalue weighted by atomic mass is 19.1. The minimum Gasteiger partial charge on any atom is -0.491 e. The molecule has 114 valence electrons.